The number of methoxy groups -OCH3 is 2. The normalized spacial score (nSPS) is 14.3. The highest BCUT2D eigenvalue weighted by atomic mass is 16.5. The van der Waals surface area contributed by atoms with Crippen molar-refractivity contribution in [3.8, 4) is 11.5 Å². The summed E-state index contributed by atoms with van der Waals surface area (Å²) in [5, 5.41) is 0. The van der Waals surface area contributed by atoms with Crippen molar-refractivity contribution in [3.05, 3.63) is 95.6 Å². The molecule has 0 aromatic heterocycles. The second-order valence-corrected chi connectivity index (χ2v) is 8.28. The molecular formula is C28H32N2O3. The van der Waals surface area contributed by atoms with Gasteiger partial charge in [-0.25, -0.2) is 0 Å². The van der Waals surface area contributed by atoms with Crippen LogP contribution < -0.4 is 9.47 Å². The van der Waals surface area contributed by atoms with E-state index in [0.29, 0.717) is 12.8 Å². The van der Waals surface area contributed by atoms with Gasteiger partial charge in [-0.05, 0) is 29.7 Å². The SMILES string of the molecule is COc1cccc(OC)c1CCC(=O)N1CCN(C(c2ccccc2)c2ccccc2)CC1. The van der Waals surface area contributed by atoms with Crippen molar-refractivity contribution < 1.29 is 14.3 Å². The fraction of sp³-hybridized carbons (Fsp3) is 0.321. The molecule has 0 aliphatic carbocycles. The molecule has 4 rings (SSSR count). The van der Waals surface area contributed by atoms with E-state index in [1.54, 1.807) is 14.2 Å². The Labute approximate surface area is 196 Å². The van der Waals surface area contributed by atoms with Crippen LogP contribution in [-0.2, 0) is 11.2 Å². The fourth-order valence-corrected chi connectivity index (χ4v) is 4.68. The van der Waals surface area contributed by atoms with Crippen molar-refractivity contribution in [1.29, 1.82) is 0 Å². The summed E-state index contributed by atoms with van der Waals surface area (Å²) in [5.41, 5.74) is 3.51. The minimum Gasteiger partial charge on any atom is -0.496 e. The van der Waals surface area contributed by atoms with Crippen LogP contribution in [0.2, 0.25) is 0 Å². The lowest BCUT2D eigenvalue weighted by Gasteiger charge is -2.40. The van der Waals surface area contributed by atoms with Gasteiger partial charge in [-0.1, -0.05) is 66.7 Å². The molecule has 0 spiro atoms. The Balaban J connectivity index is 1.40. The van der Waals surface area contributed by atoms with E-state index < -0.39 is 0 Å². The van der Waals surface area contributed by atoms with Gasteiger partial charge in [0.1, 0.15) is 11.5 Å². The van der Waals surface area contributed by atoms with E-state index in [2.05, 4.69) is 65.6 Å². The number of ether oxygens (including phenoxy) is 2. The van der Waals surface area contributed by atoms with Crippen molar-refractivity contribution in [2.24, 2.45) is 0 Å². The number of piperazine rings is 1. The zero-order valence-electron chi connectivity index (χ0n) is 19.4. The number of rotatable bonds is 8. The van der Waals surface area contributed by atoms with Crippen LogP contribution in [0.25, 0.3) is 0 Å². The van der Waals surface area contributed by atoms with Crippen LogP contribution in [-0.4, -0.2) is 56.1 Å². The Hall–Kier alpha value is -3.31. The van der Waals surface area contributed by atoms with E-state index in [4.69, 9.17) is 9.47 Å². The van der Waals surface area contributed by atoms with Gasteiger partial charge in [-0.15, -0.1) is 0 Å². The zero-order valence-corrected chi connectivity index (χ0v) is 19.4. The monoisotopic (exact) mass is 444 g/mol. The third-order valence-corrected chi connectivity index (χ3v) is 6.38. The van der Waals surface area contributed by atoms with Gasteiger partial charge >= 0.3 is 0 Å². The number of hydrogen-bond acceptors (Lipinski definition) is 4. The van der Waals surface area contributed by atoms with E-state index in [-0.39, 0.29) is 11.9 Å². The lowest BCUT2D eigenvalue weighted by atomic mass is 9.96. The molecule has 1 aliphatic rings. The van der Waals surface area contributed by atoms with Gasteiger partial charge in [0.15, 0.2) is 0 Å². The topological polar surface area (TPSA) is 42.0 Å². The predicted molar refractivity (Wildman–Crippen MR) is 131 cm³/mol. The van der Waals surface area contributed by atoms with Crippen molar-refractivity contribution in [3.63, 3.8) is 0 Å². The summed E-state index contributed by atoms with van der Waals surface area (Å²) in [4.78, 5) is 17.5. The standard InChI is InChI=1S/C28H32N2O3/c1-32-25-14-9-15-26(33-2)24(25)16-17-27(31)29-18-20-30(21-19-29)28(22-10-5-3-6-11-22)23-12-7-4-8-13-23/h3-15,28H,16-21H2,1-2H3. The molecule has 5 heteroatoms. The van der Waals surface area contributed by atoms with Crippen LogP contribution in [0.3, 0.4) is 0 Å². The molecule has 1 saturated heterocycles. The van der Waals surface area contributed by atoms with Crippen LogP contribution in [0.5, 0.6) is 11.5 Å². The fourth-order valence-electron chi connectivity index (χ4n) is 4.68. The zero-order chi connectivity index (χ0) is 23.0. The van der Waals surface area contributed by atoms with E-state index in [0.717, 1.165) is 43.2 Å². The van der Waals surface area contributed by atoms with Crippen LogP contribution in [0.4, 0.5) is 0 Å². The lowest BCUT2D eigenvalue weighted by molar-refractivity contribution is -0.133. The molecule has 5 nitrogen and oxygen atoms in total. The summed E-state index contributed by atoms with van der Waals surface area (Å²) in [6.07, 6.45) is 1.04. The maximum Gasteiger partial charge on any atom is 0.222 e. The largest absolute Gasteiger partial charge is 0.496 e. The number of nitrogens with zero attached hydrogens (tertiary/aromatic N) is 2. The average molecular weight is 445 g/mol. The number of benzene rings is 3. The molecule has 3 aromatic rings. The number of carbonyl (C=O) groups excluding carboxylic acids is 1. The molecule has 1 amide bonds. The van der Waals surface area contributed by atoms with E-state index in [1.165, 1.54) is 11.1 Å². The predicted octanol–water partition coefficient (Wildman–Crippen LogP) is 4.57. The maximum atomic E-state index is 13.0. The minimum atomic E-state index is 0.179. The molecule has 0 bridgehead atoms. The van der Waals surface area contributed by atoms with Crippen LogP contribution in [0.15, 0.2) is 78.9 Å². The third-order valence-electron chi connectivity index (χ3n) is 6.38. The summed E-state index contributed by atoms with van der Waals surface area (Å²) in [6, 6.07) is 27.2. The van der Waals surface area contributed by atoms with Gasteiger partial charge < -0.3 is 14.4 Å². The number of carbonyl (C=O) groups is 1. The Morgan fingerprint density at radius 1 is 0.758 bits per heavy atom. The quantitative estimate of drug-likeness (QED) is 0.510. The molecule has 33 heavy (non-hydrogen) atoms. The van der Waals surface area contributed by atoms with Crippen molar-refractivity contribution in [1.82, 2.24) is 9.80 Å². The summed E-state index contributed by atoms with van der Waals surface area (Å²) in [7, 11) is 3.30. The lowest BCUT2D eigenvalue weighted by Crippen LogP contribution is -2.49. The molecule has 1 aliphatic heterocycles. The molecule has 172 valence electrons. The molecule has 0 N–H and O–H groups in total. The van der Waals surface area contributed by atoms with Crippen LogP contribution >= 0.6 is 0 Å². The minimum absolute atomic E-state index is 0.179. The third kappa shape index (κ3) is 5.37. The van der Waals surface area contributed by atoms with Crippen LogP contribution in [0, 0.1) is 0 Å². The summed E-state index contributed by atoms with van der Waals surface area (Å²) in [6.45, 7) is 3.16. The molecule has 0 unspecified atom stereocenters. The van der Waals surface area contributed by atoms with Gasteiger partial charge in [0, 0.05) is 38.2 Å². The number of hydrogen-bond donors (Lipinski definition) is 0. The van der Waals surface area contributed by atoms with Crippen molar-refractivity contribution in [2.75, 3.05) is 40.4 Å². The maximum absolute atomic E-state index is 13.0. The second kappa shape index (κ2) is 11.0. The first kappa shape index (κ1) is 22.9. The highest BCUT2D eigenvalue weighted by Gasteiger charge is 2.28. The van der Waals surface area contributed by atoms with Gasteiger partial charge in [0.05, 0.1) is 20.3 Å². The molecule has 0 atom stereocenters. The Morgan fingerprint density at radius 3 is 1.76 bits per heavy atom. The van der Waals surface area contributed by atoms with Crippen molar-refractivity contribution >= 4 is 5.91 Å². The summed E-state index contributed by atoms with van der Waals surface area (Å²) < 4.78 is 11.0. The van der Waals surface area contributed by atoms with Crippen LogP contribution in [0.1, 0.15) is 29.2 Å². The van der Waals surface area contributed by atoms with E-state index >= 15 is 0 Å². The van der Waals surface area contributed by atoms with E-state index in [1.807, 2.05) is 23.1 Å². The smallest absolute Gasteiger partial charge is 0.222 e. The Morgan fingerprint density at radius 2 is 1.27 bits per heavy atom. The second-order valence-electron chi connectivity index (χ2n) is 8.28. The van der Waals surface area contributed by atoms with Crippen molar-refractivity contribution in [2.45, 2.75) is 18.9 Å². The summed E-state index contributed by atoms with van der Waals surface area (Å²) >= 11 is 0. The molecule has 3 aromatic carbocycles. The average Bonchev–Trinajstić information content (AvgIpc) is 2.89. The van der Waals surface area contributed by atoms with Gasteiger partial charge in [0.25, 0.3) is 0 Å². The first-order chi connectivity index (χ1) is 16.2. The molecule has 1 heterocycles. The molecule has 0 saturated carbocycles. The van der Waals surface area contributed by atoms with Gasteiger partial charge in [0.2, 0.25) is 5.91 Å². The first-order valence-electron chi connectivity index (χ1n) is 11.5. The Kier molecular flexibility index (Phi) is 7.63. The Bertz CT molecular complexity index is 970. The highest BCUT2D eigenvalue weighted by Crippen LogP contribution is 2.31. The highest BCUT2D eigenvalue weighted by molar-refractivity contribution is 5.77. The van der Waals surface area contributed by atoms with E-state index in [9.17, 15) is 4.79 Å². The molecule has 0 radical (unpaired) electrons. The number of amides is 1. The molecular weight excluding hydrogens is 412 g/mol. The summed E-state index contributed by atoms with van der Waals surface area (Å²) in [5.74, 6) is 1.71. The first-order valence-corrected chi connectivity index (χ1v) is 11.5. The molecule has 1 fully saturated rings. The van der Waals surface area contributed by atoms with Gasteiger partial charge in [-0.3, -0.25) is 9.69 Å². The van der Waals surface area contributed by atoms with Gasteiger partial charge in [-0.2, -0.15) is 0 Å².